The van der Waals surface area contributed by atoms with Gasteiger partial charge in [-0.05, 0) is 24.1 Å². The number of ether oxygens (including phenoxy) is 2. The SMILES string of the molecule is O=C(N[C@H]1C[C@@H]1c1cccc(Cl)c1)N1CCC2(C1)OCCO2. The summed E-state index contributed by atoms with van der Waals surface area (Å²) < 4.78 is 11.3. The molecular weight excluding hydrogens is 304 g/mol. The monoisotopic (exact) mass is 322 g/mol. The molecule has 0 aromatic heterocycles. The summed E-state index contributed by atoms with van der Waals surface area (Å²) in [5, 5.41) is 3.85. The number of carbonyl (C=O) groups excluding carboxylic acids is 1. The molecule has 1 aromatic rings. The third-order valence-electron chi connectivity index (χ3n) is 4.67. The van der Waals surface area contributed by atoms with Crippen molar-refractivity contribution in [3.63, 3.8) is 0 Å². The van der Waals surface area contributed by atoms with Crippen LogP contribution in [0, 0.1) is 0 Å². The first-order chi connectivity index (χ1) is 10.7. The predicted molar refractivity (Wildman–Crippen MR) is 82.0 cm³/mol. The van der Waals surface area contributed by atoms with Gasteiger partial charge >= 0.3 is 6.03 Å². The maximum Gasteiger partial charge on any atom is 0.317 e. The largest absolute Gasteiger partial charge is 0.346 e. The lowest BCUT2D eigenvalue weighted by molar-refractivity contribution is -0.143. The number of benzene rings is 1. The van der Waals surface area contributed by atoms with E-state index in [2.05, 4.69) is 11.4 Å². The van der Waals surface area contributed by atoms with Crippen molar-refractivity contribution in [1.82, 2.24) is 10.2 Å². The second-order valence-electron chi connectivity index (χ2n) is 6.23. The summed E-state index contributed by atoms with van der Waals surface area (Å²) in [6.07, 6.45) is 1.72. The van der Waals surface area contributed by atoms with Crippen molar-refractivity contribution in [3.05, 3.63) is 34.9 Å². The van der Waals surface area contributed by atoms with Crippen molar-refractivity contribution in [2.75, 3.05) is 26.3 Å². The molecule has 1 N–H and O–H groups in total. The van der Waals surface area contributed by atoms with Crippen LogP contribution in [-0.4, -0.2) is 49.1 Å². The maximum absolute atomic E-state index is 12.4. The van der Waals surface area contributed by atoms with E-state index in [-0.39, 0.29) is 12.1 Å². The number of likely N-dealkylation sites (tertiary alicyclic amines) is 1. The lowest BCUT2D eigenvalue weighted by atomic mass is 10.1. The lowest BCUT2D eigenvalue weighted by Gasteiger charge is -2.22. The summed E-state index contributed by atoms with van der Waals surface area (Å²) in [5.41, 5.74) is 1.19. The summed E-state index contributed by atoms with van der Waals surface area (Å²) in [4.78, 5) is 14.1. The standard InChI is InChI=1S/C16H19ClN2O3/c17-12-3-1-2-11(8-12)13-9-14(13)18-15(20)19-5-4-16(10-19)21-6-7-22-16/h1-3,8,13-14H,4-7,9-10H2,(H,18,20)/t13-,14+/m1/s1. The molecule has 118 valence electrons. The quantitative estimate of drug-likeness (QED) is 0.909. The molecule has 1 spiro atoms. The van der Waals surface area contributed by atoms with Gasteiger partial charge in [-0.2, -0.15) is 0 Å². The van der Waals surface area contributed by atoms with Crippen LogP contribution in [0.1, 0.15) is 24.3 Å². The predicted octanol–water partition coefficient (Wildman–Crippen LogP) is 2.35. The Labute approximate surface area is 134 Å². The Kier molecular flexibility index (Phi) is 3.51. The molecule has 4 rings (SSSR count). The number of amides is 2. The zero-order valence-corrected chi connectivity index (χ0v) is 13.0. The van der Waals surface area contributed by atoms with Crippen LogP contribution in [0.4, 0.5) is 4.79 Å². The van der Waals surface area contributed by atoms with Crippen molar-refractivity contribution in [2.24, 2.45) is 0 Å². The van der Waals surface area contributed by atoms with Crippen LogP contribution >= 0.6 is 11.6 Å². The summed E-state index contributed by atoms with van der Waals surface area (Å²) >= 11 is 6.02. The van der Waals surface area contributed by atoms with E-state index < -0.39 is 5.79 Å². The Balaban J connectivity index is 1.32. The topological polar surface area (TPSA) is 50.8 Å². The third kappa shape index (κ3) is 2.69. The molecule has 0 radical (unpaired) electrons. The van der Waals surface area contributed by atoms with E-state index in [1.807, 2.05) is 18.2 Å². The first-order valence-electron chi connectivity index (χ1n) is 7.74. The van der Waals surface area contributed by atoms with E-state index in [0.717, 1.165) is 17.9 Å². The number of halogens is 1. The van der Waals surface area contributed by atoms with Crippen LogP contribution in [0.3, 0.4) is 0 Å². The number of hydrogen-bond donors (Lipinski definition) is 1. The van der Waals surface area contributed by atoms with Crippen LogP contribution in [0.2, 0.25) is 5.02 Å². The van der Waals surface area contributed by atoms with Gasteiger partial charge < -0.3 is 19.7 Å². The Morgan fingerprint density at radius 2 is 2.18 bits per heavy atom. The Bertz CT molecular complexity index is 589. The van der Waals surface area contributed by atoms with E-state index in [1.54, 1.807) is 4.90 Å². The second kappa shape index (κ2) is 5.41. The minimum Gasteiger partial charge on any atom is -0.346 e. The number of nitrogens with one attached hydrogen (secondary N) is 1. The summed E-state index contributed by atoms with van der Waals surface area (Å²) in [7, 11) is 0. The molecule has 3 fully saturated rings. The highest BCUT2D eigenvalue weighted by Gasteiger charge is 2.46. The van der Waals surface area contributed by atoms with Gasteiger partial charge in [0.25, 0.3) is 0 Å². The minimum atomic E-state index is -0.548. The van der Waals surface area contributed by atoms with Crippen LogP contribution in [0.25, 0.3) is 0 Å². The maximum atomic E-state index is 12.4. The fraction of sp³-hybridized carbons (Fsp3) is 0.562. The molecule has 2 heterocycles. The van der Waals surface area contributed by atoms with Gasteiger partial charge in [0.2, 0.25) is 0 Å². The molecule has 2 atom stereocenters. The average Bonchev–Trinajstić information content (AvgIpc) is 2.95. The zero-order valence-electron chi connectivity index (χ0n) is 12.3. The first-order valence-corrected chi connectivity index (χ1v) is 8.12. The molecule has 1 aliphatic carbocycles. The van der Waals surface area contributed by atoms with Gasteiger partial charge in [-0.15, -0.1) is 0 Å². The number of urea groups is 1. The highest BCUT2D eigenvalue weighted by atomic mass is 35.5. The number of carbonyl (C=O) groups is 1. The Hall–Kier alpha value is -1.30. The number of rotatable bonds is 2. The Morgan fingerprint density at radius 3 is 2.95 bits per heavy atom. The summed E-state index contributed by atoms with van der Waals surface area (Å²) in [6, 6.07) is 8.04. The summed E-state index contributed by atoms with van der Waals surface area (Å²) in [5.74, 6) is -0.175. The average molecular weight is 323 g/mol. The Morgan fingerprint density at radius 1 is 1.36 bits per heavy atom. The van der Waals surface area contributed by atoms with Crippen molar-refractivity contribution in [2.45, 2.75) is 30.6 Å². The van der Waals surface area contributed by atoms with Gasteiger partial charge in [-0.1, -0.05) is 23.7 Å². The van der Waals surface area contributed by atoms with Gasteiger partial charge in [-0.25, -0.2) is 4.79 Å². The van der Waals surface area contributed by atoms with Gasteiger partial charge in [-0.3, -0.25) is 0 Å². The van der Waals surface area contributed by atoms with Crippen molar-refractivity contribution < 1.29 is 14.3 Å². The van der Waals surface area contributed by atoms with E-state index in [0.29, 0.717) is 32.2 Å². The van der Waals surface area contributed by atoms with Gasteiger partial charge in [0.15, 0.2) is 5.79 Å². The highest BCUT2D eigenvalue weighted by molar-refractivity contribution is 6.30. The third-order valence-corrected chi connectivity index (χ3v) is 4.91. The molecule has 2 amide bonds. The number of hydrogen-bond acceptors (Lipinski definition) is 3. The van der Waals surface area contributed by atoms with Gasteiger partial charge in [0.1, 0.15) is 0 Å². The van der Waals surface area contributed by atoms with Crippen LogP contribution in [-0.2, 0) is 9.47 Å². The normalized spacial score (nSPS) is 29.0. The molecule has 2 aliphatic heterocycles. The first kappa shape index (κ1) is 14.3. The van der Waals surface area contributed by atoms with E-state index in [9.17, 15) is 4.79 Å². The smallest absolute Gasteiger partial charge is 0.317 e. The van der Waals surface area contributed by atoms with Crippen LogP contribution in [0.5, 0.6) is 0 Å². The molecule has 22 heavy (non-hydrogen) atoms. The minimum absolute atomic E-state index is 0.0227. The molecule has 3 aliphatic rings. The lowest BCUT2D eigenvalue weighted by Crippen LogP contribution is -2.43. The molecule has 0 unspecified atom stereocenters. The molecule has 1 saturated carbocycles. The van der Waals surface area contributed by atoms with Gasteiger partial charge in [0.05, 0.1) is 19.8 Å². The molecule has 1 aromatic carbocycles. The molecule has 5 nitrogen and oxygen atoms in total. The molecular formula is C16H19ClN2O3. The molecule has 2 saturated heterocycles. The van der Waals surface area contributed by atoms with E-state index >= 15 is 0 Å². The van der Waals surface area contributed by atoms with Crippen LogP contribution < -0.4 is 5.32 Å². The van der Waals surface area contributed by atoms with E-state index in [4.69, 9.17) is 21.1 Å². The zero-order chi connectivity index (χ0) is 15.2. The molecule has 6 heteroatoms. The van der Waals surface area contributed by atoms with Crippen molar-refractivity contribution in [1.29, 1.82) is 0 Å². The van der Waals surface area contributed by atoms with Crippen molar-refractivity contribution in [3.8, 4) is 0 Å². The van der Waals surface area contributed by atoms with E-state index in [1.165, 1.54) is 5.56 Å². The fourth-order valence-electron chi connectivity index (χ4n) is 3.37. The van der Waals surface area contributed by atoms with Crippen molar-refractivity contribution >= 4 is 17.6 Å². The second-order valence-corrected chi connectivity index (χ2v) is 6.67. The van der Waals surface area contributed by atoms with Crippen LogP contribution in [0.15, 0.2) is 24.3 Å². The highest BCUT2D eigenvalue weighted by Crippen LogP contribution is 2.41. The molecule has 0 bridgehead atoms. The summed E-state index contributed by atoms with van der Waals surface area (Å²) in [6.45, 7) is 2.44. The fourth-order valence-corrected chi connectivity index (χ4v) is 3.57. The van der Waals surface area contributed by atoms with Gasteiger partial charge in [0, 0.05) is 29.9 Å². The number of nitrogens with zero attached hydrogens (tertiary/aromatic N) is 1.